The molecule has 0 aliphatic heterocycles. The lowest BCUT2D eigenvalue weighted by molar-refractivity contribution is -0.147. The molecule has 3 unspecified atom stereocenters. The van der Waals surface area contributed by atoms with Crippen LogP contribution in [0.4, 0.5) is 0 Å². The summed E-state index contributed by atoms with van der Waals surface area (Å²) in [6.45, 7) is -0.656. The third-order valence-electron chi connectivity index (χ3n) is 4.78. The first kappa shape index (κ1) is 26.8. The summed E-state index contributed by atoms with van der Waals surface area (Å²) in [5.41, 5.74) is 7.15. The van der Waals surface area contributed by atoms with Crippen molar-refractivity contribution in [2.45, 2.75) is 37.4 Å². The standard InChI is InChI=1S/C21H26N6O8/c22-14(5-11-1-3-13(28)4-2-11)19(32)27-15(6-12-8-23-10-25-12)20(33)24-9-17(29)26-16(21(34)35)7-18(30)31/h1-4,8,10,14-16,28H,5-7,9,22H2,(H,23,25)(H,24,33)(H,26,29)(H,27,32)(H,30,31)(H,34,35). The molecule has 0 radical (unpaired) electrons. The summed E-state index contributed by atoms with van der Waals surface area (Å²) < 4.78 is 0. The molecule has 2 aromatic rings. The number of benzene rings is 1. The summed E-state index contributed by atoms with van der Waals surface area (Å²) in [5.74, 6) is -5.24. The van der Waals surface area contributed by atoms with Crippen molar-refractivity contribution in [1.29, 1.82) is 0 Å². The van der Waals surface area contributed by atoms with E-state index >= 15 is 0 Å². The molecule has 0 aliphatic rings. The van der Waals surface area contributed by atoms with Crippen LogP contribution in [0, 0.1) is 0 Å². The van der Waals surface area contributed by atoms with Crippen molar-refractivity contribution in [3.63, 3.8) is 0 Å². The molecule has 1 aromatic carbocycles. The van der Waals surface area contributed by atoms with Crippen molar-refractivity contribution in [2.75, 3.05) is 6.54 Å². The van der Waals surface area contributed by atoms with Crippen LogP contribution in [0.25, 0.3) is 0 Å². The van der Waals surface area contributed by atoms with E-state index in [9.17, 15) is 29.1 Å². The van der Waals surface area contributed by atoms with Crippen LogP contribution in [0.5, 0.6) is 5.75 Å². The van der Waals surface area contributed by atoms with Gasteiger partial charge < -0.3 is 42.0 Å². The average Bonchev–Trinajstić information content (AvgIpc) is 3.30. The number of hydrogen-bond acceptors (Lipinski definition) is 8. The Bertz CT molecular complexity index is 1040. The number of imidazole rings is 1. The first-order chi connectivity index (χ1) is 16.5. The lowest BCUT2D eigenvalue weighted by atomic mass is 10.0. The highest BCUT2D eigenvalue weighted by Crippen LogP contribution is 2.11. The smallest absolute Gasteiger partial charge is 0.326 e. The highest BCUT2D eigenvalue weighted by molar-refractivity contribution is 5.93. The fraction of sp³-hybridized carbons (Fsp3) is 0.333. The van der Waals surface area contributed by atoms with Crippen LogP contribution in [-0.4, -0.2) is 79.6 Å². The third kappa shape index (κ3) is 9.13. The molecule has 14 nitrogen and oxygen atoms in total. The number of carbonyl (C=O) groups excluding carboxylic acids is 3. The van der Waals surface area contributed by atoms with Gasteiger partial charge in [0.2, 0.25) is 17.7 Å². The van der Waals surface area contributed by atoms with E-state index in [0.29, 0.717) is 11.3 Å². The van der Waals surface area contributed by atoms with Gasteiger partial charge >= 0.3 is 11.9 Å². The van der Waals surface area contributed by atoms with Crippen molar-refractivity contribution in [1.82, 2.24) is 25.9 Å². The number of H-pyrrole nitrogens is 1. The average molecular weight is 490 g/mol. The van der Waals surface area contributed by atoms with E-state index in [0.717, 1.165) is 0 Å². The number of phenols is 1. The van der Waals surface area contributed by atoms with E-state index in [4.69, 9.17) is 15.9 Å². The van der Waals surface area contributed by atoms with Crippen molar-refractivity contribution in [3.8, 4) is 5.75 Å². The molecular formula is C21H26N6O8. The number of aromatic nitrogens is 2. The maximum atomic E-state index is 12.7. The molecule has 14 heteroatoms. The van der Waals surface area contributed by atoms with Crippen molar-refractivity contribution >= 4 is 29.7 Å². The number of nitrogens with one attached hydrogen (secondary N) is 4. The van der Waals surface area contributed by atoms with Crippen LogP contribution in [0.3, 0.4) is 0 Å². The van der Waals surface area contributed by atoms with Gasteiger partial charge in [-0.2, -0.15) is 0 Å². The molecule has 1 heterocycles. The molecule has 0 saturated heterocycles. The van der Waals surface area contributed by atoms with Gasteiger partial charge in [0.15, 0.2) is 0 Å². The molecule has 0 saturated carbocycles. The number of nitrogens with two attached hydrogens (primary N) is 1. The van der Waals surface area contributed by atoms with E-state index < -0.39 is 60.8 Å². The fourth-order valence-corrected chi connectivity index (χ4v) is 2.99. The van der Waals surface area contributed by atoms with E-state index in [1.54, 1.807) is 12.1 Å². The molecule has 2 rings (SSSR count). The Labute approximate surface area is 198 Å². The summed E-state index contributed by atoms with van der Waals surface area (Å²) in [6, 6.07) is 2.25. The molecule has 3 atom stereocenters. The highest BCUT2D eigenvalue weighted by Gasteiger charge is 2.27. The minimum atomic E-state index is -1.67. The Morgan fingerprint density at radius 1 is 0.971 bits per heavy atom. The molecule has 9 N–H and O–H groups in total. The second kappa shape index (κ2) is 12.7. The highest BCUT2D eigenvalue weighted by atomic mass is 16.4. The Morgan fingerprint density at radius 3 is 2.23 bits per heavy atom. The van der Waals surface area contributed by atoms with Gasteiger partial charge in [0.1, 0.15) is 17.8 Å². The van der Waals surface area contributed by atoms with Gasteiger partial charge in [0, 0.05) is 18.3 Å². The Balaban J connectivity index is 1.99. The largest absolute Gasteiger partial charge is 0.508 e. The van der Waals surface area contributed by atoms with Gasteiger partial charge in [0.25, 0.3) is 0 Å². The second-order valence-electron chi connectivity index (χ2n) is 7.59. The number of carboxylic acids is 2. The summed E-state index contributed by atoms with van der Waals surface area (Å²) in [5, 5.41) is 33.9. The van der Waals surface area contributed by atoms with Crippen LogP contribution >= 0.6 is 0 Å². The first-order valence-corrected chi connectivity index (χ1v) is 10.4. The van der Waals surface area contributed by atoms with Gasteiger partial charge in [0.05, 0.1) is 25.3 Å². The van der Waals surface area contributed by atoms with Gasteiger partial charge in [-0.15, -0.1) is 0 Å². The fourth-order valence-electron chi connectivity index (χ4n) is 2.99. The van der Waals surface area contributed by atoms with Crippen LogP contribution in [0.2, 0.25) is 0 Å². The molecule has 0 fully saturated rings. The summed E-state index contributed by atoms with van der Waals surface area (Å²) >= 11 is 0. The maximum absolute atomic E-state index is 12.7. The number of hydrogen-bond donors (Lipinski definition) is 8. The molecule has 0 spiro atoms. The van der Waals surface area contributed by atoms with Crippen molar-refractivity contribution in [3.05, 3.63) is 48.0 Å². The van der Waals surface area contributed by atoms with Gasteiger partial charge in [-0.1, -0.05) is 12.1 Å². The first-order valence-electron chi connectivity index (χ1n) is 10.4. The number of aliphatic carboxylic acids is 2. The number of aromatic hydroxyl groups is 1. The predicted molar refractivity (Wildman–Crippen MR) is 119 cm³/mol. The number of carbonyl (C=O) groups is 5. The molecular weight excluding hydrogens is 464 g/mol. The molecule has 1 aromatic heterocycles. The summed E-state index contributed by atoms with van der Waals surface area (Å²) in [7, 11) is 0. The number of rotatable bonds is 13. The van der Waals surface area contributed by atoms with Crippen molar-refractivity contribution in [2.24, 2.45) is 5.73 Å². The van der Waals surface area contributed by atoms with E-state index in [1.807, 2.05) is 5.32 Å². The number of aromatic amines is 1. The Kier molecular flexibility index (Phi) is 9.71. The minimum absolute atomic E-state index is 0.0120. The minimum Gasteiger partial charge on any atom is -0.508 e. The van der Waals surface area contributed by atoms with Crippen LogP contribution < -0.4 is 21.7 Å². The zero-order valence-electron chi connectivity index (χ0n) is 18.4. The number of carboxylic acid groups (broad SMARTS) is 2. The second-order valence-corrected chi connectivity index (χ2v) is 7.59. The number of amides is 3. The van der Waals surface area contributed by atoms with E-state index in [1.165, 1.54) is 24.7 Å². The molecule has 188 valence electrons. The van der Waals surface area contributed by atoms with Gasteiger partial charge in [-0.3, -0.25) is 19.2 Å². The molecule has 35 heavy (non-hydrogen) atoms. The normalized spacial score (nSPS) is 13.2. The van der Waals surface area contributed by atoms with Crippen LogP contribution in [-0.2, 0) is 36.8 Å². The quantitative estimate of drug-likeness (QED) is 0.152. The monoisotopic (exact) mass is 490 g/mol. The zero-order chi connectivity index (χ0) is 26.0. The van der Waals surface area contributed by atoms with Crippen LogP contribution in [0.15, 0.2) is 36.8 Å². The molecule has 3 amide bonds. The van der Waals surface area contributed by atoms with Crippen molar-refractivity contribution < 1.29 is 39.3 Å². The predicted octanol–water partition coefficient (Wildman–Crippen LogP) is -2.13. The Morgan fingerprint density at radius 2 is 1.66 bits per heavy atom. The SMILES string of the molecule is NC(Cc1ccc(O)cc1)C(=O)NC(Cc1cnc[nH]1)C(=O)NCC(=O)NC(CC(=O)O)C(=O)O. The molecule has 0 bridgehead atoms. The number of phenolic OH excluding ortho intramolecular Hbond substituents is 1. The van der Waals surface area contributed by atoms with Gasteiger partial charge in [-0.05, 0) is 24.1 Å². The third-order valence-corrected chi connectivity index (χ3v) is 4.78. The Hall–Kier alpha value is -4.46. The van der Waals surface area contributed by atoms with Gasteiger partial charge in [-0.25, -0.2) is 9.78 Å². The maximum Gasteiger partial charge on any atom is 0.326 e. The molecule has 0 aliphatic carbocycles. The lowest BCUT2D eigenvalue weighted by Crippen LogP contribution is -2.54. The summed E-state index contributed by atoms with van der Waals surface area (Å²) in [6.07, 6.45) is 2.10. The lowest BCUT2D eigenvalue weighted by Gasteiger charge is -2.20. The zero-order valence-corrected chi connectivity index (χ0v) is 18.4. The van der Waals surface area contributed by atoms with Crippen LogP contribution in [0.1, 0.15) is 17.7 Å². The number of nitrogens with zero attached hydrogens (tertiary/aromatic N) is 1. The van der Waals surface area contributed by atoms with E-state index in [-0.39, 0.29) is 18.6 Å². The van der Waals surface area contributed by atoms with E-state index in [2.05, 4.69) is 20.6 Å². The topological polar surface area (TPSA) is 237 Å². The summed E-state index contributed by atoms with van der Waals surface area (Å²) in [4.78, 5) is 65.8.